The van der Waals surface area contributed by atoms with Crippen molar-refractivity contribution in [2.24, 2.45) is 0 Å². The summed E-state index contributed by atoms with van der Waals surface area (Å²) in [5.41, 5.74) is 0.582. The van der Waals surface area contributed by atoms with Gasteiger partial charge in [-0.3, -0.25) is 14.9 Å². The van der Waals surface area contributed by atoms with E-state index in [1.807, 2.05) is 0 Å². The SMILES string of the molecule is O=C(O)CCCCC(=O)NC(=O)NCc1cccc(F)c1. The normalized spacial score (nSPS) is 9.95. The van der Waals surface area contributed by atoms with Gasteiger partial charge < -0.3 is 10.4 Å². The molecule has 0 saturated heterocycles. The van der Waals surface area contributed by atoms with Crippen molar-refractivity contribution in [3.05, 3.63) is 35.6 Å². The molecule has 0 saturated carbocycles. The van der Waals surface area contributed by atoms with Crippen LogP contribution >= 0.6 is 0 Å². The highest BCUT2D eigenvalue weighted by Gasteiger charge is 2.07. The lowest BCUT2D eigenvalue weighted by Gasteiger charge is -2.06. The highest BCUT2D eigenvalue weighted by molar-refractivity contribution is 5.94. The maximum Gasteiger partial charge on any atom is 0.321 e. The molecular formula is C14H17FN2O4. The van der Waals surface area contributed by atoms with E-state index in [2.05, 4.69) is 10.6 Å². The standard InChI is InChI=1S/C14H17FN2O4/c15-11-5-3-4-10(8-11)9-16-14(21)17-12(18)6-1-2-7-13(19)20/h3-5,8H,1-2,6-7,9H2,(H,19,20)(H2,16,17,18,21). The Morgan fingerprint density at radius 2 is 1.86 bits per heavy atom. The van der Waals surface area contributed by atoms with Crippen molar-refractivity contribution in [2.45, 2.75) is 32.2 Å². The quantitative estimate of drug-likeness (QED) is 0.668. The number of benzene rings is 1. The first-order chi connectivity index (χ1) is 9.97. The van der Waals surface area contributed by atoms with Gasteiger partial charge in [0.05, 0.1) is 0 Å². The summed E-state index contributed by atoms with van der Waals surface area (Å²) in [7, 11) is 0. The second-order valence-corrected chi connectivity index (χ2v) is 4.46. The molecule has 6 nitrogen and oxygen atoms in total. The van der Waals surface area contributed by atoms with Gasteiger partial charge >= 0.3 is 12.0 Å². The van der Waals surface area contributed by atoms with Crippen molar-refractivity contribution >= 4 is 17.9 Å². The minimum absolute atomic E-state index is 0.000945. The van der Waals surface area contributed by atoms with E-state index in [0.717, 1.165) is 0 Å². The number of nitrogens with one attached hydrogen (secondary N) is 2. The van der Waals surface area contributed by atoms with Crippen LogP contribution in [-0.2, 0) is 16.1 Å². The van der Waals surface area contributed by atoms with E-state index in [0.29, 0.717) is 18.4 Å². The van der Waals surface area contributed by atoms with Crippen molar-refractivity contribution in [2.75, 3.05) is 0 Å². The van der Waals surface area contributed by atoms with E-state index in [4.69, 9.17) is 5.11 Å². The van der Waals surface area contributed by atoms with Gasteiger partial charge in [-0.25, -0.2) is 9.18 Å². The largest absolute Gasteiger partial charge is 0.481 e. The molecule has 0 unspecified atom stereocenters. The van der Waals surface area contributed by atoms with Gasteiger partial charge in [0.15, 0.2) is 0 Å². The van der Waals surface area contributed by atoms with Gasteiger partial charge in [-0.15, -0.1) is 0 Å². The number of urea groups is 1. The Balaban J connectivity index is 2.21. The van der Waals surface area contributed by atoms with E-state index in [1.165, 1.54) is 18.2 Å². The molecule has 3 N–H and O–H groups in total. The van der Waals surface area contributed by atoms with Crippen LogP contribution in [0.1, 0.15) is 31.2 Å². The molecule has 1 aromatic carbocycles. The molecule has 0 aliphatic heterocycles. The van der Waals surface area contributed by atoms with E-state index >= 15 is 0 Å². The van der Waals surface area contributed by atoms with Crippen LogP contribution in [0.3, 0.4) is 0 Å². The summed E-state index contributed by atoms with van der Waals surface area (Å²) in [6, 6.07) is 5.09. The Morgan fingerprint density at radius 1 is 1.14 bits per heavy atom. The fourth-order valence-corrected chi connectivity index (χ4v) is 1.62. The van der Waals surface area contributed by atoms with Crippen molar-refractivity contribution in [1.82, 2.24) is 10.6 Å². The summed E-state index contributed by atoms with van der Waals surface area (Å²) in [5.74, 6) is -1.79. The minimum Gasteiger partial charge on any atom is -0.481 e. The number of imide groups is 1. The number of carbonyl (C=O) groups is 3. The Labute approximate surface area is 121 Å². The number of carboxylic acids is 1. The first kappa shape index (κ1) is 16.6. The molecule has 1 rings (SSSR count). The van der Waals surface area contributed by atoms with E-state index < -0.39 is 23.7 Å². The van der Waals surface area contributed by atoms with Crippen molar-refractivity contribution in [3.63, 3.8) is 0 Å². The summed E-state index contributed by atoms with van der Waals surface area (Å²) in [4.78, 5) is 33.1. The topological polar surface area (TPSA) is 95.5 Å². The zero-order valence-corrected chi connectivity index (χ0v) is 11.4. The van der Waals surface area contributed by atoms with Crippen molar-refractivity contribution in [1.29, 1.82) is 0 Å². The van der Waals surface area contributed by atoms with Crippen molar-refractivity contribution in [3.8, 4) is 0 Å². The smallest absolute Gasteiger partial charge is 0.321 e. The average molecular weight is 296 g/mol. The predicted octanol–water partition coefficient (Wildman–Crippen LogP) is 1.80. The van der Waals surface area contributed by atoms with Crippen LogP contribution in [0.5, 0.6) is 0 Å². The van der Waals surface area contributed by atoms with Gasteiger partial charge in [0.1, 0.15) is 5.82 Å². The molecule has 0 bridgehead atoms. The Bertz CT molecular complexity index is 519. The third-order valence-electron chi connectivity index (χ3n) is 2.64. The lowest BCUT2D eigenvalue weighted by molar-refractivity contribution is -0.137. The molecule has 114 valence electrons. The third-order valence-corrected chi connectivity index (χ3v) is 2.64. The number of carbonyl (C=O) groups excluding carboxylic acids is 2. The molecule has 0 fully saturated rings. The van der Waals surface area contributed by atoms with Gasteiger partial charge in [-0.05, 0) is 30.5 Å². The summed E-state index contributed by atoms with van der Waals surface area (Å²) in [6.45, 7) is 0.107. The molecule has 0 aliphatic carbocycles. The lowest BCUT2D eigenvalue weighted by atomic mass is 10.2. The van der Waals surface area contributed by atoms with Gasteiger partial charge in [-0.1, -0.05) is 12.1 Å². The van der Waals surface area contributed by atoms with E-state index in [1.54, 1.807) is 6.07 Å². The molecule has 3 amide bonds. The summed E-state index contributed by atoms with van der Waals surface area (Å²) in [5, 5.41) is 13.0. The Hall–Kier alpha value is -2.44. The molecule has 0 atom stereocenters. The Morgan fingerprint density at radius 3 is 2.52 bits per heavy atom. The number of carboxylic acid groups (broad SMARTS) is 1. The fourth-order valence-electron chi connectivity index (χ4n) is 1.62. The molecule has 0 spiro atoms. The van der Waals surface area contributed by atoms with E-state index in [-0.39, 0.29) is 19.4 Å². The highest BCUT2D eigenvalue weighted by Crippen LogP contribution is 2.03. The predicted molar refractivity (Wildman–Crippen MR) is 72.9 cm³/mol. The maximum atomic E-state index is 12.9. The molecule has 0 radical (unpaired) electrons. The van der Waals surface area contributed by atoms with Crippen LogP contribution < -0.4 is 10.6 Å². The maximum absolute atomic E-state index is 12.9. The van der Waals surface area contributed by atoms with Crippen LogP contribution in [0.25, 0.3) is 0 Å². The van der Waals surface area contributed by atoms with Gasteiger partial charge in [0.25, 0.3) is 0 Å². The number of hydrogen-bond acceptors (Lipinski definition) is 3. The first-order valence-corrected chi connectivity index (χ1v) is 6.51. The van der Waals surface area contributed by atoms with Crippen LogP contribution in [0.15, 0.2) is 24.3 Å². The number of hydrogen-bond donors (Lipinski definition) is 3. The summed E-state index contributed by atoms with van der Waals surface area (Å²) < 4.78 is 12.9. The molecule has 1 aromatic rings. The molecular weight excluding hydrogens is 279 g/mol. The van der Waals surface area contributed by atoms with Crippen LogP contribution in [-0.4, -0.2) is 23.0 Å². The summed E-state index contributed by atoms with van der Waals surface area (Å²) in [6.07, 6.45) is 0.864. The second-order valence-electron chi connectivity index (χ2n) is 4.46. The third kappa shape index (κ3) is 7.66. The highest BCUT2D eigenvalue weighted by atomic mass is 19.1. The van der Waals surface area contributed by atoms with E-state index in [9.17, 15) is 18.8 Å². The lowest BCUT2D eigenvalue weighted by Crippen LogP contribution is -2.38. The second kappa shape index (κ2) is 8.68. The fraction of sp³-hybridized carbons (Fsp3) is 0.357. The molecule has 0 heterocycles. The number of amides is 3. The number of halogens is 1. The monoisotopic (exact) mass is 296 g/mol. The Kier molecular flexibility index (Phi) is 6.86. The number of unbranched alkanes of at least 4 members (excludes halogenated alkanes) is 1. The zero-order valence-electron chi connectivity index (χ0n) is 11.4. The molecule has 0 aromatic heterocycles. The number of rotatable bonds is 7. The molecule has 0 aliphatic rings. The summed E-state index contributed by atoms with van der Waals surface area (Å²) >= 11 is 0. The van der Waals surface area contributed by atoms with Gasteiger partial charge in [-0.2, -0.15) is 0 Å². The van der Waals surface area contributed by atoms with Crippen LogP contribution in [0.2, 0.25) is 0 Å². The van der Waals surface area contributed by atoms with Gasteiger partial charge in [0.2, 0.25) is 5.91 Å². The first-order valence-electron chi connectivity index (χ1n) is 6.51. The zero-order chi connectivity index (χ0) is 15.7. The molecule has 7 heteroatoms. The van der Waals surface area contributed by atoms with Crippen LogP contribution in [0, 0.1) is 5.82 Å². The van der Waals surface area contributed by atoms with Gasteiger partial charge in [0, 0.05) is 19.4 Å². The van der Waals surface area contributed by atoms with Crippen LogP contribution in [0.4, 0.5) is 9.18 Å². The van der Waals surface area contributed by atoms with Crippen molar-refractivity contribution < 1.29 is 23.9 Å². The average Bonchev–Trinajstić information content (AvgIpc) is 2.41. The minimum atomic E-state index is -0.914. The number of aliphatic carboxylic acids is 1. The molecule has 21 heavy (non-hydrogen) atoms.